The Balaban J connectivity index is 2.15. The van der Waals surface area contributed by atoms with Crippen LogP contribution in [0.15, 0.2) is 12.1 Å². The van der Waals surface area contributed by atoms with Crippen LogP contribution in [0.1, 0.15) is 43.7 Å². The molecule has 1 aliphatic heterocycles. The molecular weight excluding hydrogens is 261 g/mol. The number of rotatable bonds is 3. The van der Waals surface area contributed by atoms with E-state index in [1.807, 2.05) is 6.07 Å². The molecule has 1 amide bonds. The number of carboxylic acids is 1. The van der Waals surface area contributed by atoms with Crippen molar-refractivity contribution in [3.8, 4) is 0 Å². The number of benzene rings is 1. The summed E-state index contributed by atoms with van der Waals surface area (Å²) in [6, 6.07) is 3.32. The van der Waals surface area contributed by atoms with Gasteiger partial charge in [-0.25, -0.2) is 4.39 Å². The first-order chi connectivity index (χ1) is 9.32. The van der Waals surface area contributed by atoms with E-state index in [9.17, 15) is 14.0 Å². The zero-order chi connectivity index (χ0) is 14.7. The lowest BCUT2D eigenvalue weighted by Crippen LogP contribution is -2.39. The fraction of sp³-hybridized carbons (Fsp3) is 0.467. The van der Waals surface area contributed by atoms with Crippen molar-refractivity contribution in [1.82, 2.24) is 0 Å². The molecule has 1 fully saturated rings. The van der Waals surface area contributed by atoms with E-state index in [1.54, 1.807) is 13.8 Å². The van der Waals surface area contributed by atoms with Crippen LogP contribution in [0.4, 0.5) is 10.1 Å². The van der Waals surface area contributed by atoms with E-state index in [1.165, 1.54) is 6.07 Å². The van der Waals surface area contributed by atoms with Gasteiger partial charge in [0, 0.05) is 0 Å². The molecule has 0 saturated heterocycles. The van der Waals surface area contributed by atoms with Crippen LogP contribution < -0.4 is 4.90 Å². The van der Waals surface area contributed by atoms with Gasteiger partial charge in [0.15, 0.2) is 0 Å². The standard InChI is InChI=1S/C15H16FNO3/c1-15(2)10-5-9(8-3-4-8)6-11(16)13(10)17(14(15)20)7-12(18)19/h5-6,8H,3-4,7H2,1-2H3,(H,18,19). The lowest BCUT2D eigenvalue weighted by atomic mass is 9.85. The van der Waals surface area contributed by atoms with E-state index in [0.717, 1.165) is 23.3 Å². The van der Waals surface area contributed by atoms with Crippen LogP contribution in [-0.4, -0.2) is 23.5 Å². The highest BCUT2D eigenvalue weighted by molar-refractivity contribution is 6.09. The molecule has 0 atom stereocenters. The Kier molecular flexibility index (Phi) is 2.64. The molecule has 106 valence electrons. The summed E-state index contributed by atoms with van der Waals surface area (Å²) >= 11 is 0. The predicted molar refractivity (Wildman–Crippen MR) is 71.4 cm³/mol. The zero-order valence-corrected chi connectivity index (χ0v) is 11.4. The van der Waals surface area contributed by atoms with Gasteiger partial charge in [-0.05, 0) is 49.8 Å². The minimum absolute atomic E-state index is 0.131. The van der Waals surface area contributed by atoms with Crippen LogP contribution in [0.25, 0.3) is 0 Å². The molecule has 20 heavy (non-hydrogen) atoms. The van der Waals surface area contributed by atoms with Gasteiger partial charge >= 0.3 is 5.97 Å². The minimum atomic E-state index is -1.15. The molecule has 5 heteroatoms. The number of aliphatic carboxylic acids is 1. The Labute approximate surface area is 116 Å². The zero-order valence-electron chi connectivity index (χ0n) is 11.4. The normalized spacial score (nSPS) is 20.1. The SMILES string of the molecule is CC1(C)C(=O)N(CC(=O)O)c2c(F)cc(C3CC3)cc21. The number of fused-ring (bicyclic) bond motifs is 1. The van der Waals surface area contributed by atoms with Crippen LogP contribution in [0, 0.1) is 5.82 Å². The van der Waals surface area contributed by atoms with Gasteiger partial charge in [-0.3, -0.25) is 14.5 Å². The second kappa shape index (κ2) is 4.04. The van der Waals surface area contributed by atoms with Gasteiger partial charge in [-0.15, -0.1) is 0 Å². The molecule has 1 N–H and O–H groups in total. The largest absolute Gasteiger partial charge is 0.480 e. The molecule has 4 nitrogen and oxygen atoms in total. The van der Waals surface area contributed by atoms with Gasteiger partial charge in [0.25, 0.3) is 0 Å². The molecule has 3 rings (SSSR count). The Hall–Kier alpha value is -1.91. The Morgan fingerprint density at radius 3 is 2.65 bits per heavy atom. The first-order valence-electron chi connectivity index (χ1n) is 6.70. The van der Waals surface area contributed by atoms with Crippen molar-refractivity contribution >= 4 is 17.6 Å². The number of carboxylic acid groups (broad SMARTS) is 1. The lowest BCUT2D eigenvalue weighted by molar-refractivity contribution is -0.137. The minimum Gasteiger partial charge on any atom is -0.480 e. The fourth-order valence-corrected chi connectivity index (χ4v) is 2.86. The summed E-state index contributed by atoms with van der Waals surface area (Å²) in [4.78, 5) is 24.3. The average Bonchev–Trinajstić information content (AvgIpc) is 3.15. The highest BCUT2D eigenvalue weighted by Gasteiger charge is 2.46. The Morgan fingerprint density at radius 1 is 1.45 bits per heavy atom. The third kappa shape index (κ3) is 1.80. The van der Waals surface area contributed by atoms with Crippen LogP contribution in [0.5, 0.6) is 0 Å². The summed E-state index contributed by atoms with van der Waals surface area (Å²) in [7, 11) is 0. The molecule has 1 aliphatic carbocycles. The van der Waals surface area contributed by atoms with Gasteiger partial charge in [0.05, 0.1) is 11.1 Å². The summed E-state index contributed by atoms with van der Waals surface area (Å²) in [6.07, 6.45) is 2.09. The van der Waals surface area contributed by atoms with Crippen molar-refractivity contribution in [2.45, 2.75) is 38.0 Å². The van der Waals surface area contributed by atoms with Gasteiger partial charge < -0.3 is 5.11 Å². The number of anilines is 1. The molecule has 1 saturated carbocycles. The average molecular weight is 277 g/mol. The maximum Gasteiger partial charge on any atom is 0.323 e. The lowest BCUT2D eigenvalue weighted by Gasteiger charge is -2.18. The molecule has 0 aromatic heterocycles. The highest BCUT2D eigenvalue weighted by atomic mass is 19.1. The van der Waals surface area contributed by atoms with Crippen LogP contribution >= 0.6 is 0 Å². The topological polar surface area (TPSA) is 57.6 Å². The number of carbonyl (C=O) groups is 2. The highest BCUT2D eigenvalue weighted by Crippen LogP contribution is 2.47. The second-order valence-corrected chi connectivity index (χ2v) is 6.08. The Morgan fingerprint density at radius 2 is 2.10 bits per heavy atom. The van der Waals surface area contributed by atoms with Crippen LogP contribution in [0.2, 0.25) is 0 Å². The predicted octanol–water partition coefficient (Wildman–Crippen LogP) is 2.41. The van der Waals surface area contributed by atoms with Crippen molar-refractivity contribution in [2.24, 2.45) is 0 Å². The van der Waals surface area contributed by atoms with Crippen molar-refractivity contribution in [3.63, 3.8) is 0 Å². The van der Waals surface area contributed by atoms with E-state index in [2.05, 4.69) is 0 Å². The summed E-state index contributed by atoms with van der Waals surface area (Å²) in [5.74, 6) is -1.62. The quantitative estimate of drug-likeness (QED) is 0.923. The van der Waals surface area contributed by atoms with Crippen LogP contribution in [0.3, 0.4) is 0 Å². The summed E-state index contributed by atoms with van der Waals surface area (Å²) in [5, 5.41) is 8.91. The molecule has 2 aliphatic rings. The van der Waals surface area contributed by atoms with Crippen molar-refractivity contribution in [2.75, 3.05) is 11.4 Å². The number of hydrogen-bond acceptors (Lipinski definition) is 2. The van der Waals surface area contributed by atoms with Gasteiger partial charge in [0.2, 0.25) is 5.91 Å². The third-order valence-electron chi connectivity index (χ3n) is 4.15. The van der Waals surface area contributed by atoms with E-state index in [4.69, 9.17) is 5.11 Å². The number of nitrogens with zero attached hydrogens (tertiary/aromatic N) is 1. The molecule has 0 spiro atoms. The molecular formula is C15H16FNO3. The number of hydrogen-bond donors (Lipinski definition) is 1. The molecule has 0 unspecified atom stereocenters. The maximum absolute atomic E-state index is 14.4. The number of carbonyl (C=O) groups excluding carboxylic acids is 1. The summed E-state index contributed by atoms with van der Waals surface area (Å²) < 4.78 is 14.4. The molecule has 1 heterocycles. The number of halogens is 1. The summed E-state index contributed by atoms with van der Waals surface area (Å²) in [6.45, 7) is 2.92. The number of amides is 1. The molecule has 0 radical (unpaired) electrons. The van der Waals surface area contributed by atoms with Crippen LogP contribution in [-0.2, 0) is 15.0 Å². The van der Waals surface area contributed by atoms with Crippen molar-refractivity contribution in [3.05, 3.63) is 29.1 Å². The Bertz CT molecular complexity index is 620. The van der Waals surface area contributed by atoms with E-state index < -0.39 is 23.7 Å². The van der Waals surface area contributed by atoms with Gasteiger partial charge in [-0.1, -0.05) is 6.07 Å². The van der Waals surface area contributed by atoms with Crippen molar-refractivity contribution < 1.29 is 19.1 Å². The van der Waals surface area contributed by atoms with E-state index in [-0.39, 0.29) is 11.6 Å². The van der Waals surface area contributed by atoms with Gasteiger partial charge in [-0.2, -0.15) is 0 Å². The van der Waals surface area contributed by atoms with Crippen molar-refractivity contribution in [1.29, 1.82) is 0 Å². The smallest absolute Gasteiger partial charge is 0.323 e. The van der Waals surface area contributed by atoms with E-state index in [0.29, 0.717) is 11.5 Å². The fourth-order valence-electron chi connectivity index (χ4n) is 2.86. The molecule has 0 bridgehead atoms. The monoisotopic (exact) mass is 277 g/mol. The summed E-state index contributed by atoms with van der Waals surface area (Å²) in [5.41, 5.74) is 0.771. The third-order valence-corrected chi connectivity index (χ3v) is 4.15. The van der Waals surface area contributed by atoms with Gasteiger partial charge in [0.1, 0.15) is 12.4 Å². The maximum atomic E-state index is 14.4. The first kappa shape index (κ1) is 13.1. The second-order valence-electron chi connectivity index (χ2n) is 6.08. The first-order valence-corrected chi connectivity index (χ1v) is 6.70. The van der Waals surface area contributed by atoms with E-state index >= 15 is 0 Å². The molecule has 1 aromatic carbocycles. The molecule has 1 aromatic rings.